The molecular formula is C22H16N2O5S. The summed E-state index contributed by atoms with van der Waals surface area (Å²) in [7, 11) is 0. The Balaban J connectivity index is 1.98. The van der Waals surface area contributed by atoms with Crippen molar-refractivity contribution in [3.05, 3.63) is 86.5 Å². The Morgan fingerprint density at radius 3 is 2.53 bits per heavy atom. The minimum absolute atomic E-state index is 0.0540. The van der Waals surface area contributed by atoms with Crippen molar-refractivity contribution >= 4 is 33.5 Å². The van der Waals surface area contributed by atoms with E-state index in [1.807, 2.05) is 31.2 Å². The molecule has 0 fully saturated rings. The maximum absolute atomic E-state index is 13.4. The van der Waals surface area contributed by atoms with Crippen LogP contribution in [0.5, 0.6) is 0 Å². The van der Waals surface area contributed by atoms with Crippen molar-refractivity contribution in [2.75, 3.05) is 0 Å². The van der Waals surface area contributed by atoms with Crippen LogP contribution < -0.4 is 5.56 Å². The van der Waals surface area contributed by atoms with E-state index in [1.165, 1.54) is 22.1 Å². The molecule has 0 saturated carbocycles. The summed E-state index contributed by atoms with van der Waals surface area (Å²) in [6.45, 7) is 1.98. The number of hydrogen-bond acceptors (Lipinski definition) is 5. The zero-order valence-electron chi connectivity index (χ0n) is 15.8. The van der Waals surface area contributed by atoms with E-state index in [-0.39, 0.29) is 23.1 Å². The van der Waals surface area contributed by atoms with Crippen molar-refractivity contribution < 1.29 is 19.8 Å². The van der Waals surface area contributed by atoms with Gasteiger partial charge < -0.3 is 10.2 Å². The van der Waals surface area contributed by atoms with Crippen LogP contribution in [-0.2, 0) is 6.54 Å². The van der Waals surface area contributed by atoms with E-state index in [0.717, 1.165) is 16.9 Å². The largest absolute Gasteiger partial charge is 0.478 e. The molecule has 4 aromatic rings. The van der Waals surface area contributed by atoms with E-state index in [2.05, 4.69) is 4.98 Å². The molecule has 2 N–H and O–H groups in total. The van der Waals surface area contributed by atoms with Crippen LogP contribution in [0.25, 0.3) is 21.6 Å². The first-order valence-corrected chi connectivity index (χ1v) is 9.87. The second kappa shape index (κ2) is 7.57. The van der Waals surface area contributed by atoms with Crippen LogP contribution in [0, 0.1) is 6.92 Å². The lowest BCUT2D eigenvalue weighted by Crippen LogP contribution is -2.25. The third kappa shape index (κ3) is 3.48. The summed E-state index contributed by atoms with van der Waals surface area (Å²) in [6.07, 6.45) is 0. The van der Waals surface area contributed by atoms with E-state index in [1.54, 1.807) is 12.1 Å². The van der Waals surface area contributed by atoms with Crippen LogP contribution in [0.15, 0.2) is 58.7 Å². The summed E-state index contributed by atoms with van der Waals surface area (Å²) >= 11 is 1.11. The number of rotatable bonds is 5. The lowest BCUT2D eigenvalue weighted by molar-refractivity contribution is 0.0687. The number of carboxylic acids is 2. The predicted octanol–water partition coefficient (Wildman–Crippen LogP) is 3.88. The number of benzene rings is 2. The Morgan fingerprint density at radius 1 is 1.07 bits per heavy atom. The van der Waals surface area contributed by atoms with Crippen LogP contribution in [0.3, 0.4) is 0 Å². The number of thiophene rings is 1. The third-order valence-electron chi connectivity index (χ3n) is 4.72. The molecular weight excluding hydrogens is 404 g/mol. The van der Waals surface area contributed by atoms with Gasteiger partial charge in [-0.1, -0.05) is 35.9 Å². The molecule has 0 saturated heterocycles. The molecule has 0 bridgehead atoms. The van der Waals surface area contributed by atoms with Gasteiger partial charge in [0.05, 0.1) is 23.1 Å². The van der Waals surface area contributed by atoms with Gasteiger partial charge in [-0.15, -0.1) is 11.3 Å². The zero-order valence-corrected chi connectivity index (χ0v) is 16.6. The Kier molecular flexibility index (Phi) is 4.93. The lowest BCUT2D eigenvalue weighted by atomic mass is 10.1. The Bertz CT molecular complexity index is 1370. The van der Waals surface area contributed by atoms with Gasteiger partial charge in [-0.25, -0.2) is 14.6 Å². The summed E-state index contributed by atoms with van der Waals surface area (Å²) in [4.78, 5) is 41.2. The number of carbonyl (C=O) groups is 2. The molecule has 8 heteroatoms. The molecule has 0 radical (unpaired) electrons. The van der Waals surface area contributed by atoms with Crippen molar-refractivity contribution in [3.63, 3.8) is 0 Å². The van der Waals surface area contributed by atoms with Gasteiger partial charge in [0, 0.05) is 10.9 Å². The summed E-state index contributed by atoms with van der Waals surface area (Å²) in [6, 6.07) is 13.8. The van der Waals surface area contributed by atoms with E-state index in [4.69, 9.17) is 0 Å². The topological polar surface area (TPSA) is 109 Å². The fraction of sp³-hybridized carbons (Fsp3) is 0.0909. The highest BCUT2D eigenvalue weighted by Gasteiger charge is 2.20. The van der Waals surface area contributed by atoms with Crippen molar-refractivity contribution in [1.82, 2.24) is 9.55 Å². The molecule has 150 valence electrons. The van der Waals surface area contributed by atoms with Gasteiger partial charge in [0.1, 0.15) is 10.7 Å². The Labute approximate surface area is 174 Å². The molecule has 0 atom stereocenters. The molecule has 2 aromatic heterocycles. The minimum Gasteiger partial charge on any atom is -0.478 e. The highest BCUT2D eigenvalue weighted by atomic mass is 32.1. The molecule has 7 nitrogen and oxygen atoms in total. The first-order valence-electron chi connectivity index (χ1n) is 9.00. The van der Waals surface area contributed by atoms with E-state index < -0.39 is 17.5 Å². The van der Waals surface area contributed by atoms with Gasteiger partial charge in [0.25, 0.3) is 5.56 Å². The molecule has 0 amide bonds. The normalized spacial score (nSPS) is 11.0. The van der Waals surface area contributed by atoms with Crippen molar-refractivity contribution in [1.29, 1.82) is 0 Å². The molecule has 4 rings (SSSR count). The van der Waals surface area contributed by atoms with Crippen LogP contribution in [-0.4, -0.2) is 31.7 Å². The van der Waals surface area contributed by atoms with Gasteiger partial charge >= 0.3 is 11.9 Å². The number of nitrogens with zero attached hydrogens (tertiary/aromatic N) is 2. The second-order valence-corrected chi connectivity index (χ2v) is 7.69. The second-order valence-electron chi connectivity index (χ2n) is 6.84. The van der Waals surface area contributed by atoms with Gasteiger partial charge in [0.15, 0.2) is 0 Å². The molecule has 0 aliphatic carbocycles. The average Bonchev–Trinajstić information content (AvgIpc) is 3.15. The van der Waals surface area contributed by atoms with Crippen LogP contribution in [0.1, 0.15) is 31.8 Å². The molecule has 0 unspecified atom stereocenters. The SMILES string of the molecule is Cc1cccc(-c2nc3scc(C(=O)O)c3c(=O)n2Cc2cccc(C(=O)O)c2)c1. The first-order chi connectivity index (χ1) is 14.3. The summed E-state index contributed by atoms with van der Waals surface area (Å²) < 4.78 is 1.40. The molecule has 30 heavy (non-hydrogen) atoms. The molecule has 2 aromatic carbocycles. The Hall–Kier alpha value is -3.78. The maximum atomic E-state index is 13.4. The minimum atomic E-state index is -1.19. The van der Waals surface area contributed by atoms with Crippen molar-refractivity contribution in [2.45, 2.75) is 13.5 Å². The third-order valence-corrected chi connectivity index (χ3v) is 5.59. The molecule has 0 spiro atoms. The fourth-order valence-corrected chi connectivity index (χ4v) is 4.22. The molecule has 2 heterocycles. The number of fused-ring (bicyclic) bond motifs is 1. The lowest BCUT2D eigenvalue weighted by Gasteiger charge is -2.14. The smallest absolute Gasteiger partial charge is 0.337 e. The molecule has 0 aliphatic rings. The number of aryl methyl sites for hydroxylation is 1. The monoisotopic (exact) mass is 420 g/mol. The average molecular weight is 420 g/mol. The van der Waals surface area contributed by atoms with Gasteiger partial charge in [-0.05, 0) is 30.7 Å². The van der Waals surface area contributed by atoms with Crippen molar-refractivity contribution in [2.24, 2.45) is 0 Å². The van der Waals surface area contributed by atoms with E-state index >= 15 is 0 Å². The standard InChI is InChI=1S/C22H16N2O5S/c1-12-4-2-6-14(8-12)18-23-19-17(16(11-30-19)22(28)29)20(25)24(18)10-13-5-3-7-15(9-13)21(26)27/h2-9,11H,10H2,1H3,(H,26,27)(H,28,29). The predicted molar refractivity (Wildman–Crippen MR) is 114 cm³/mol. The summed E-state index contributed by atoms with van der Waals surface area (Å²) in [5.74, 6) is -1.86. The zero-order chi connectivity index (χ0) is 21.4. The van der Waals surface area contributed by atoms with Gasteiger partial charge in [-0.3, -0.25) is 9.36 Å². The summed E-state index contributed by atoms with van der Waals surface area (Å²) in [5.41, 5.74) is 1.84. The van der Waals surface area contributed by atoms with Crippen LogP contribution >= 0.6 is 11.3 Å². The number of aromatic nitrogens is 2. The van der Waals surface area contributed by atoms with Crippen molar-refractivity contribution in [3.8, 4) is 11.4 Å². The maximum Gasteiger partial charge on any atom is 0.337 e. The Morgan fingerprint density at radius 2 is 1.83 bits per heavy atom. The molecule has 0 aliphatic heterocycles. The summed E-state index contributed by atoms with van der Waals surface area (Å²) in [5, 5.41) is 20.2. The van der Waals surface area contributed by atoms with Gasteiger partial charge in [-0.2, -0.15) is 0 Å². The number of hydrogen-bond donors (Lipinski definition) is 2. The van der Waals surface area contributed by atoms with Gasteiger partial charge in [0.2, 0.25) is 0 Å². The fourth-order valence-electron chi connectivity index (χ4n) is 3.32. The quantitative estimate of drug-likeness (QED) is 0.507. The van der Waals surface area contributed by atoms with Crippen LogP contribution in [0.2, 0.25) is 0 Å². The number of aromatic carboxylic acids is 2. The first kappa shape index (κ1) is 19.5. The highest BCUT2D eigenvalue weighted by molar-refractivity contribution is 7.17. The van der Waals surface area contributed by atoms with Crippen LogP contribution in [0.4, 0.5) is 0 Å². The number of carboxylic acid groups (broad SMARTS) is 2. The highest BCUT2D eigenvalue weighted by Crippen LogP contribution is 2.26. The van der Waals surface area contributed by atoms with E-state index in [9.17, 15) is 24.6 Å². The van der Waals surface area contributed by atoms with E-state index in [0.29, 0.717) is 21.8 Å².